The van der Waals surface area contributed by atoms with Gasteiger partial charge >= 0.3 is 6.18 Å². The second-order valence-electron chi connectivity index (χ2n) is 4.52. The molecule has 1 rings (SSSR count). The molecule has 1 aromatic heterocycles. The highest BCUT2D eigenvalue weighted by atomic mass is 35.5. The molecule has 0 spiro atoms. The van der Waals surface area contributed by atoms with Gasteiger partial charge in [0.15, 0.2) is 0 Å². The Labute approximate surface area is 110 Å². The third-order valence-electron chi connectivity index (χ3n) is 2.42. The lowest BCUT2D eigenvalue weighted by atomic mass is 10.1. The van der Waals surface area contributed by atoms with Gasteiger partial charge in [-0.1, -0.05) is 25.4 Å². The predicted molar refractivity (Wildman–Crippen MR) is 66.8 cm³/mol. The van der Waals surface area contributed by atoms with Crippen molar-refractivity contribution in [3.05, 3.63) is 22.8 Å². The Bertz CT molecular complexity index is 391. The Morgan fingerprint density at radius 2 is 2.06 bits per heavy atom. The number of rotatable bonds is 5. The summed E-state index contributed by atoms with van der Waals surface area (Å²) in [6.45, 7) is 4.88. The topological polar surface area (TPSA) is 24.9 Å². The van der Waals surface area contributed by atoms with Crippen LogP contribution in [0.5, 0.6) is 0 Å². The zero-order valence-electron chi connectivity index (χ0n) is 10.3. The highest BCUT2D eigenvalue weighted by Gasteiger charge is 2.31. The molecule has 102 valence electrons. The Balaban J connectivity index is 2.58. The number of anilines is 1. The second kappa shape index (κ2) is 6.27. The molecule has 0 radical (unpaired) electrons. The number of nitrogens with one attached hydrogen (secondary N) is 1. The van der Waals surface area contributed by atoms with Gasteiger partial charge in [0.05, 0.1) is 10.6 Å². The molecular formula is C12H16ClF3N2. The zero-order valence-corrected chi connectivity index (χ0v) is 11.1. The van der Waals surface area contributed by atoms with Crippen molar-refractivity contribution in [3.63, 3.8) is 0 Å². The monoisotopic (exact) mass is 280 g/mol. The first-order chi connectivity index (χ1) is 8.30. The van der Waals surface area contributed by atoms with Crippen LogP contribution in [0.15, 0.2) is 12.3 Å². The van der Waals surface area contributed by atoms with Crippen LogP contribution in [-0.4, -0.2) is 11.5 Å². The van der Waals surface area contributed by atoms with Gasteiger partial charge in [0.25, 0.3) is 0 Å². The van der Waals surface area contributed by atoms with Crippen molar-refractivity contribution in [2.45, 2.75) is 32.9 Å². The van der Waals surface area contributed by atoms with E-state index in [2.05, 4.69) is 24.1 Å². The van der Waals surface area contributed by atoms with E-state index in [0.29, 0.717) is 18.3 Å². The normalized spacial score (nSPS) is 11.9. The molecule has 0 bridgehead atoms. The minimum atomic E-state index is -4.41. The average molecular weight is 281 g/mol. The molecule has 0 aromatic carbocycles. The van der Waals surface area contributed by atoms with Crippen LogP contribution in [0.4, 0.5) is 19.0 Å². The van der Waals surface area contributed by atoms with Crippen LogP contribution in [0, 0.1) is 5.92 Å². The molecule has 0 unspecified atom stereocenters. The molecule has 1 N–H and O–H groups in total. The van der Waals surface area contributed by atoms with Crippen molar-refractivity contribution >= 4 is 17.4 Å². The molecular weight excluding hydrogens is 265 g/mol. The van der Waals surface area contributed by atoms with Gasteiger partial charge in [-0.05, 0) is 24.8 Å². The molecule has 0 fully saturated rings. The van der Waals surface area contributed by atoms with E-state index in [0.717, 1.165) is 25.1 Å². The summed E-state index contributed by atoms with van der Waals surface area (Å²) in [5.41, 5.74) is -0.833. The minimum absolute atomic E-state index is 0.00521. The SMILES string of the molecule is CC(C)CCCNc1ncc(C(F)(F)F)cc1Cl. The molecule has 0 aliphatic rings. The van der Waals surface area contributed by atoms with Crippen molar-refractivity contribution in [2.24, 2.45) is 5.92 Å². The molecule has 0 saturated heterocycles. The van der Waals surface area contributed by atoms with E-state index < -0.39 is 11.7 Å². The van der Waals surface area contributed by atoms with Crippen molar-refractivity contribution in [3.8, 4) is 0 Å². The van der Waals surface area contributed by atoms with Gasteiger partial charge in [-0.2, -0.15) is 13.2 Å². The molecule has 18 heavy (non-hydrogen) atoms. The fraction of sp³-hybridized carbons (Fsp3) is 0.583. The predicted octanol–water partition coefficient (Wildman–Crippen LogP) is 4.60. The first-order valence-electron chi connectivity index (χ1n) is 5.77. The van der Waals surface area contributed by atoms with Crippen molar-refractivity contribution in [1.82, 2.24) is 4.98 Å². The fourth-order valence-electron chi connectivity index (χ4n) is 1.44. The quantitative estimate of drug-likeness (QED) is 0.797. The number of nitrogens with zero attached hydrogens (tertiary/aromatic N) is 1. The molecule has 0 saturated carbocycles. The molecule has 0 aliphatic carbocycles. The van der Waals surface area contributed by atoms with Crippen LogP contribution in [0.25, 0.3) is 0 Å². The highest BCUT2D eigenvalue weighted by Crippen LogP contribution is 2.32. The smallest absolute Gasteiger partial charge is 0.369 e. The molecule has 0 aliphatic heterocycles. The maximum atomic E-state index is 12.4. The number of halogens is 4. The van der Waals surface area contributed by atoms with Crippen molar-refractivity contribution in [2.75, 3.05) is 11.9 Å². The zero-order chi connectivity index (χ0) is 13.8. The Morgan fingerprint density at radius 1 is 1.39 bits per heavy atom. The first-order valence-corrected chi connectivity index (χ1v) is 6.15. The highest BCUT2D eigenvalue weighted by molar-refractivity contribution is 6.32. The van der Waals surface area contributed by atoms with Crippen LogP contribution in [0.2, 0.25) is 5.02 Å². The maximum Gasteiger partial charge on any atom is 0.417 e. The van der Waals surface area contributed by atoms with Crippen LogP contribution in [-0.2, 0) is 6.18 Å². The standard InChI is InChI=1S/C12H16ClF3N2/c1-8(2)4-3-5-17-11-10(13)6-9(7-18-11)12(14,15)16/h6-8H,3-5H2,1-2H3,(H,17,18). The summed E-state index contributed by atoms with van der Waals surface area (Å²) in [7, 11) is 0. The summed E-state index contributed by atoms with van der Waals surface area (Å²) in [4.78, 5) is 3.70. The Hall–Kier alpha value is -0.970. The van der Waals surface area contributed by atoms with E-state index in [9.17, 15) is 13.2 Å². The summed E-state index contributed by atoms with van der Waals surface area (Å²) >= 11 is 5.75. The van der Waals surface area contributed by atoms with E-state index in [1.165, 1.54) is 0 Å². The minimum Gasteiger partial charge on any atom is -0.369 e. The van der Waals surface area contributed by atoms with Crippen LogP contribution in [0.1, 0.15) is 32.3 Å². The number of aromatic nitrogens is 1. The largest absolute Gasteiger partial charge is 0.417 e. The van der Waals surface area contributed by atoms with Gasteiger partial charge in [-0.15, -0.1) is 0 Å². The van der Waals surface area contributed by atoms with Gasteiger partial charge in [0.1, 0.15) is 5.82 Å². The van der Waals surface area contributed by atoms with E-state index in [1.54, 1.807) is 0 Å². The third-order valence-corrected chi connectivity index (χ3v) is 2.71. The van der Waals surface area contributed by atoms with Crippen LogP contribution < -0.4 is 5.32 Å². The number of pyridine rings is 1. The number of alkyl halides is 3. The first kappa shape index (κ1) is 15.1. The van der Waals surface area contributed by atoms with Gasteiger partial charge in [0, 0.05) is 12.7 Å². The molecule has 1 aromatic rings. The lowest BCUT2D eigenvalue weighted by Gasteiger charge is -2.11. The van der Waals surface area contributed by atoms with E-state index in [1.807, 2.05) is 0 Å². The van der Waals surface area contributed by atoms with E-state index in [-0.39, 0.29) is 5.02 Å². The molecule has 2 nitrogen and oxygen atoms in total. The van der Waals surface area contributed by atoms with Gasteiger partial charge < -0.3 is 5.32 Å². The fourth-order valence-corrected chi connectivity index (χ4v) is 1.67. The maximum absolute atomic E-state index is 12.4. The molecule has 0 amide bonds. The van der Waals surface area contributed by atoms with Gasteiger partial charge in [-0.3, -0.25) is 0 Å². The lowest BCUT2D eigenvalue weighted by Crippen LogP contribution is -2.09. The Kier molecular flexibility index (Phi) is 5.26. The van der Waals surface area contributed by atoms with Gasteiger partial charge in [-0.25, -0.2) is 4.98 Å². The summed E-state index contributed by atoms with van der Waals surface area (Å²) in [6.07, 6.45) is -1.65. The molecule has 1 heterocycles. The average Bonchev–Trinajstić information content (AvgIpc) is 2.24. The summed E-state index contributed by atoms with van der Waals surface area (Å²) < 4.78 is 37.1. The van der Waals surface area contributed by atoms with E-state index >= 15 is 0 Å². The van der Waals surface area contributed by atoms with Crippen LogP contribution >= 0.6 is 11.6 Å². The van der Waals surface area contributed by atoms with Crippen LogP contribution in [0.3, 0.4) is 0 Å². The second-order valence-corrected chi connectivity index (χ2v) is 4.92. The lowest BCUT2D eigenvalue weighted by molar-refractivity contribution is -0.137. The third kappa shape index (κ3) is 4.72. The van der Waals surface area contributed by atoms with Gasteiger partial charge in [0.2, 0.25) is 0 Å². The summed E-state index contributed by atoms with van der Waals surface area (Å²) in [6, 6.07) is 0.888. The summed E-state index contributed by atoms with van der Waals surface area (Å²) in [5.74, 6) is 0.899. The van der Waals surface area contributed by atoms with E-state index in [4.69, 9.17) is 11.6 Å². The number of hydrogen-bond donors (Lipinski definition) is 1. The Morgan fingerprint density at radius 3 is 2.56 bits per heavy atom. The van der Waals surface area contributed by atoms with Crippen molar-refractivity contribution < 1.29 is 13.2 Å². The molecule has 0 atom stereocenters. The molecule has 6 heteroatoms. The summed E-state index contributed by atoms with van der Waals surface area (Å²) in [5, 5.41) is 2.93. The number of hydrogen-bond acceptors (Lipinski definition) is 2. The van der Waals surface area contributed by atoms with Crippen molar-refractivity contribution in [1.29, 1.82) is 0 Å².